The van der Waals surface area contributed by atoms with Gasteiger partial charge in [0.2, 0.25) is 5.91 Å². The minimum atomic E-state index is -0.0749. The van der Waals surface area contributed by atoms with Crippen LogP contribution in [0.25, 0.3) is 10.2 Å². The molecule has 1 amide bonds. The zero-order valence-corrected chi connectivity index (χ0v) is 16.2. The van der Waals surface area contributed by atoms with Crippen molar-refractivity contribution in [3.05, 3.63) is 27.1 Å². The standard InChI is InChI=1S/C20H27N3O2S/c1-13-7-9-14(10-8-13)22-17(24)11-23-12-21-19-18(20(23)25)15-5-3-2-4-6-16(15)26-19/h12-14H,2-11H2,1H3,(H,22,24). The van der Waals surface area contributed by atoms with Crippen LogP contribution in [0.2, 0.25) is 0 Å². The molecule has 6 heteroatoms. The third kappa shape index (κ3) is 3.56. The lowest BCUT2D eigenvalue weighted by Gasteiger charge is -2.26. The summed E-state index contributed by atoms with van der Waals surface area (Å²) in [5.74, 6) is 0.681. The Morgan fingerprint density at radius 1 is 1.23 bits per heavy atom. The van der Waals surface area contributed by atoms with Crippen LogP contribution in [0.3, 0.4) is 0 Å². The summed E-state index contributed by atoms with van der Waals surface area (Å²) in [5.41, 5.74) is 1.14. The number of hydrogen-bond acceptors (Lipinski definition) is 4. The number of nitrogens with one attached hydrogen (secondary N) is 1. The van der Waals surface area contributed by atoms with E-state index in [0.717, 1.165) is 48.2 Å². The Balaban J connectivity index is 1.53. The zero-order chi connectivity index (χ0) is 18.1. The Kier molecular flexibility index (Phi) is 5.11. The molecule has 4 rings (SSSR count). The van der Waals surface area contributed by atoms with Crippen molar-refractivity contribution in [2.75, 3.05) is 0 Å². The van der Waals surface area contributed by atoms with E-state index in [-0.39, 0.29) is 24.1 Å². The maximum absolute atomic E-state index is 13.0. The molecule has 2 aliphatic rings. The van der Waals surface area contributed by atoms with Crippen molar-refractivity contribution < 1.29 is 4.79 Å². The summed E-state index contributed by atoms with van der Waals surface area (Å²) in [5, 5.41) is 3.86. The number of rotatable bonds is 3. The summed E-state index contributed by atoms with van der Waals surface area (Å²) >= 11 is 1.66. The van der Waals surface area contributed by atoms with Gasteiger partial charge in [0.05, 0.1) is 11.7 Å². The van der Waals surface area contributed by atoms with Crippen molar-refractivity contribution in [3.8, 4) is 0 Å². The van der Waals surface area contributed by atoms with Gasteiger partial charge in [-0.05, 0) is 62.8 Å². The van der Waals surface area contributed by atoms with Gasteiger partial charge in [-0.25, -0.2) is 4.98 Å². The molecular weight excluding hydrogens is 346 g/mol. The topological polar surface area (TPSA) is 64.0 Å². The van der Waals surface area contributed by atoms with E-state index in [1.165, 1.54) is 40.7 Å². The van der Waals surface area contributed by atoms with E-state index in [2.05, 4.69) is 17.2 Å². The van der Waals surface area contributed by atoms with E-state index in [1.807, 2.05) is 0 Å². The SMILES string of the molecule is CC1CCC(NC(=O)Cn2cnc3sc4c(c3c2=O)CCCCC4)CC1. The van der Waals surface area contributed by atoms with Crippen molar-refractivity contribution in [2.45, 2.75) is 77.3 Å². The quantitative estimate of drug-likeness (QED) is 0.839. The fraction of sp³-hybridized carbons (Fsp3) is 0.650. The predicted molar refractivity (Wildman–Crippen MR) is 105 cm³/mol. The lowest BCUT2D eigenvalue weighted by atomic mass is 9.87. The number of amides is 1. The maximum Gasteiger partial charge on any atom is 0.262 e. The van der Waals surface area contributed by atoms with E-state index in [1.54, 1.807) is 17.7 Å². The Labute approximate surface area is 157 Å². The second-order valence-corrected chi connectivity index (χ2v) is 9.03. The molecule has 0 aliphatic heterocycles. The molecule has 140 valence electrons. The monoisotopic (exact) mass is 373 g/mol. The van der Waals surface area contributed by atoms with Gasteiger partial charge < -0.3 is 5.32 Å². The van der Waals surface area contributed by atoms with Crippen LogP contribution in [0.1, 0.15) is 62.3 Å². The molecule has 2 heterocycles. The molecule has 0 spiro atoms. The van der Waals surface area contributed by atoms with Crippen LogP contribution in [-0.4, -0.2) is 21.5 Å². The van der Waals surface area contributed by atoms with E-state index < -0.39 is 0 Å². The predicted octanol–water partition coefficient (Wildman–Crippen LogP) is 3.42. The Morgan fingerprint density at radius 3 is 2.81 bits per heavy atom. The lowest BCUT2D eigenvalue weighted by molar-refractivity contribution is -0.122. The smallest absolute Gasteiger partial charge is 0.262 e. The third-order valence-electron chi connectivity index (χ3n) is 5.89. The normalized spacial score (nSPS) is 23.4. The molecule has 0 atom stereocenters. The van der Waals surface area contributed by atoms with Gasteiger partial charge in [0.1, 0.15) is 11.4 Å². The summed E-state index contributed by atoms with van der Waals surface area (Å²) in [6, 6.07) is 0.253. The summed E-state index contributed by atoms with van der Waals surface area (Å²) in [4.78, 5) is 32.1. The first-order valence-electron chi connectivity index (χ1n) is 9.91. The van der Waals surface area contributed by atoms with Crippen molar-refractivity contribution in [1.29, 1.82) is 0 Å². The van der Waals surface area contributed by atoms with E-state index in [9.17, 15) is 9.59 Å². The molecule has 0 unspecified atom stereocenters. The van der Waals surface area contributed by atoms with E-state index in [0.29, 0.717) is 0 Å². The lowest BCUT2D eigenvalue weighted by Crippen LogP contribution is -2.40. The Hall–Kier alpha value is -1.69. The highest BCUT2D eigenvalue weighted by atomic mass is 32.1. The van der Waals surface area contributed by atoms with Crippen LogP contribution < -0.4 is 10.9 Å². The highest BCUT2D eigenvalue weighted by Crippen LogP contribution is 2.32. The number of hydrogen-bond donors (Lipinski definition) is 1. The average Bonchev–Trinajstić information content (AvgIpc) is 2.82. The number of aromatic nitrogens is 2. The fourth-order valence-corrected chi connectivity index (χ4v) is 5.52. The van der Waals surface area contributed by atoms with Crippen molar-refractivity contribution in [1.82, 2.24) is 14.9 Å². The number of fused-ring (bicyclic) bond motifs is 3. The van der Waals surface area contributed by atoms with Gasteiger partial charge in [0.15, 0.2) is 0 Å². The molecule has 0 saturated heterocycles. The first-order valence-corrected chi connectivity index (χ1v) is 10.7. The second kappa shape index (κ2) is 7.51. The van der Waals surface area contributed by atoms with Gasteiger partial charge in [-0.15, -0.1) is 11.3 Å². The molecule has 0 bridgehead atoms. The van der Waals surface area contributed by atoms with Crippen molar-refractivity contribution in [3.63, 3.8) is 0 Å². The van der Waals surface area contributed by atoms with Gasteiger partial charge >= 0.3 is 0 Å². The van der Waals surface area contributed by atoms with Gasteiger partial charge in [-0.3, -0.25) is 14.2 Å². The van der Waals surface area contributed by atoms with Gasteiger partial charge in [0, 0.05) is 10.9 Å². The van der Waals surface area contributed by atoms with Crippen molar-refractivity contribution >= 4 is 27.5 Å². The van der Waals surface area contributed by atoms with Crippen LogP contribution in [0.4, 0.5) is 0 Å². The number of carbonyl (C=O) groups is 1. The molecule has 2 aromatic heterocycles. The second-order valence-electron chi connectivity index (χ2n) is 7.95. The fourth-order valence-electron chi connectivity index (χ4n) is 4.30. The maximum atomic E-state index is 13.0. The van der Waals surface area contributed by atoms with E-state index >= 15 is 0 Å². The van der Waals surface area contributed by atoms with Gasteiger partial charge in [-0.1, -0.05) is 13.3 Å². The van der Waals surface area contributed by atoms with Crippen LogP contribution in [0.15, 0.2) is 11.1 Å². The molecule has 2 aliphatic carbocycles. The number of carbonyl (C=O) groups excluding carboxylic acids is 1. The minimum absolute atomic E-state index is 0.0539. The minimum Gasteiger partial charge on any atom is -0.352 e. The first kappa shape index (κ1) is 17.7. The van der Waals surface area contributed by atoms with Gasteiger partial charge in [-0.2, -0.15) is 0 Å². The largest absolute Gasteiger partial charge is 0.352 e. The van der Waals surface area contributed by atoms with Crippen LogP contribution in [-0.2, 0) is 24.2 Å². The zero-order valence-electron chi connectivity index (χ0n) is 15.4. The molecule has 1 saturated carbocycles. The molecule has 26 heavy (non-hydrogen) atoms. The molecule has 1 fully saturated rings. The molecule has 2 aromatic rings. The molecule has 5 nitrogen and oxygen atoms in total. The number of thiophene rings is 1. The highest BCUT2D eigenvalue weighted by Gasteiger charge is 2.22. The summed E-state index contributed by atoms with van der Waals surface area (Å²) in [7, 11) is 0. The molecular formula is C20H27N3O2S. The first-order chi connectivity index (χ1) is 12.6. The Bertz CT molecular complexity index is 862. The van der Waals surface area contributed by atoms with Crippen LogP contribution in [0.5, 0.6) is 0 Å². The number of aryl methyl sites for hydroxylation is 2. The molecule has 0 radical (unpaired) electrons. The third-order valence-corrected chi connectivity index (χ3v) is 7.09. The Morgan fingerprint density at radius 2 is 2.00 bits per heavy atom. The number of nitrogens with zero attached hydrogens (tertiary/aromatic N) is 2. The molecule has 1 N–H and O–H groups in total. The highest BCUT2D eigenvalue weighted by molar-refractivity contribution is 7.18. The summed E-state index contributed by atoms with van der Waals surface area (Å²) in [6.07, 6.45) is 11.5. The van der Waals surface area contributed by atoms with E-state index in [4.69, 9.17) is 0 Å². The van der Waals surface area contributed by atoms with Crippen molar-refractivity contribution in [2.24, 2.45) is 5.92 Å². The van der Waals surface area contributed by atoms with Gasteiger partial charge in [0.25, 0.3) is 5.56 Å². The molecule has 0 aromatic carbocycles. The van der Waals surface area contributed by atoms with Crippen LogP contribution in [0, 0.1) is 5.92 Å². The average molecular weight is 374 g/mol. The summed E-state index contributed by atoms with van der Waals surface area (Å²) in [6.45, 7) is 2.33. The van der Waals surface area contributed by atoms with Crippen LogP contribution >= 0.6 is 11.3 Å². The summed E-state index contributed by atoms with van der Waals surface area (Å²) < 4.78 is 1.49.